The molecule has 0 aliphatic rings. The van der Waals surface area contributed by atoms with E-state index in [1.54, 1.807) is 0 Å². The molecule has 0 spiro atoms. The van der Waals surface area contributed by atoms with Crippen molar-refractivity contribution in [1.82, 2.24) is 0 Å². The third kappa shape index (κ3) is 3.15. The first kappa shape index (κ1) is 14.1. The maximum atomic E-state index is 6.26. The lowest BCUT2D eigenvalue weighted by Crippen LogP contribution is -2.14. The van der Waals surface area contributed by atoms with Gasteiger partial charge in [0.25, 0.3) is 0 Å². The summed E-state index contributed by atoms with van der Waals surface area (Å²) in [4.78, 5) is 0. The second-order valence-corrected chi connectivity index (χ2v) is 6.13. The van der Waals surface area contributed by atoms with Crippen molar-refractivity contribution >= 4 is 43.5 Å². The molecule has 0 saturated heterocycles. The molecule has 1 nitrogen and oxygen atoms in total. The second kappa shape index (κ2) is 6.20. The molecule has 2 rings (SSSR count). The predicted molar refractivity (Wildman–Crippen MR) is 83.9 cm³/mol. The first-order valence-electron chi connectivity index (χ1n) is 5.52. The highest BCUT2D eigenvalue weighted by molar-refractivity contribution is 9.10. The molecule has 1 unspecified atom stereocenters. The largest absolute Gasteiger partial charge is 0.324 e. The Kier molecular flexibility index (Phi) is 4.84. The summed E-state index contributed by atoms with van der Waals surface area (Å²) in [5.74, 6) is 0. The standard InChI is InChI=1S/C14H12Br2ClN/c15-11-6-2-1-4-9(11)8-13(18)10-5-3-7-12(16)14(10)17/h1-7,13H,8,18H2. The molecular weight excluding hydrogens is 377 g/mol. The summed E-state index contributed by atoms with van der Waals surface area (Å²) >= 11 is 13.2. The molecule has 0 radical (unpaired) electrons. The summed E-state index contributed by atoms with van der Waals surface area (Å²) in [6.07, 6.45) is 0.748. The molecule has 94 valence electrons. The predicted octanol–water partition coefficient (Wildman–Crippen LogP) is 5.11. The fraction of sp³-hybridized carbons (Fsp3) is 0.143. The maximum absolute atomic E-state index is 6.26. The van der Waals surface area contributed by atoms with Crippen LogP contribution in [0, 0.1) is 0 Å². The summed E-state index contributed by atoms with van der Waals surface area (Å²) in [6.45, 7) is 0. The van der Waals surface area contributed by atoms with Gasteiger partial charge in [-0.3, -0.25) is 0 Å². The second-order valence-electron chi connectivity index (χ2n) is 4.05. The van der Waals surface area contributed by atoms with Crippen molar-refractivity contribution in [3.8, 4) is 0 Å². The smallest absolute Gasteiger partial charge is 0.0595 e. The van der Waals surface area contributed by atoms with Crippen molar-refractivity contribution in [3.05, 3.63) is 67.6 Å². The Morgan fingerprint density at radius 2 is 1.67 bits per heavy atom. The molecule has 0 fully saturated rings. The van der Waals surface area contributed by atoms with Gasteiger partial charge in [-0.1, -0.05) is 57.9 Å². The molecule has 0 amide bonds. The molecule has 0 aromatic heterocycles. The molecule has 0 saturated carbocycles. The fourth-order valence-electron chi connectivity index (χ4n) is 1.82. The van der Waals surface area contributed by atoms with Crippen LogP contribution in [0.2, 0.25) is 5.02 Å². The van der Waals surface area contributed by atoms with Crippen LogP contribution in [-0.2, 0) is 6.42 Å². The van der Waals surface area contributed by atoms with Gasteiger partial charge < -0.3 is 5.73 Å². The Morgan fingerprint density at radius 3 is 2.39 bits per heavy atom. The average molecular weight is 390 g/mol. The lowest BCUT2D eigenvalue weighted by molar-refractivity contribution is 0.719. The van der Waals surface area contributed by atoms with E-state index in [1.807, 2.05) is 36.4 Å². The van der Waals surface area contributed by atoms with E-state index in [4.69, 9.17) is 17.3 Å². The van der Waals surface area contributed by atoms with Gasteiger partial charge in [-0.15, -0.1) is 0 Å². The van der Waals surface area contributed by atoms with Gasteiger partial charge in [-0.25, -0.2) is 0 Å². The normalized spacial score (nSPS) is 12.4. The molecular formula is C14H12Br2ClN. The number of hydrogen-bond donors (Lipinski definition) is 1. The van der Waals surface area contributed by atoms with Gasteiger partial charge in [-0.2, -0.15) is 0 Å². The highest BCUT2D eigenvalue weighted by atomic mass is 79.9. The summed E-state index contributed by atoms with van der Waals surface area (Å²) < 4.78 is 1.95. The van der Waals surface area contributed by atoms with Crippen molar-refractivity contribution in [2.45, 2.75) is 12.5 Å². The minimum Gasteiger partial charge on any atom is -0.324 e. The van der Waals surface area contributed by atoms with Crippen molar-refractivity contribution in [1.29, 1.82) is 0 Å². The number of hydrogen-bond acceptors (Lipinski definition) is 1. The van der Waals surface area contributed by atoms with E-state index < -0.39 is 0 Å². The van der Waals surface area contributed by atoms with Crippen LogP contribution in [0.15, 0.2) is 51.4 Å². The fourth-order valence-corrected chi connectivity index (χ4v) is 2.91. The van der Waals surface area contributed by atoms with Crippen molar-refractivity contribution in [3.63, 3.8) is 0 Å². The van der Waals surface area contributed by atoms with Gasteiger partial charge >= 0.3 is 0 Å². The minimum absolute atomic E-state index is 0.117. The van der Waals surface area contributed by atoms with Gasteiger partial charge in [0.05, 0.1) is 5.02 Å². The Bertz CT molecular complexity index is 557. The third-order valence-corrected chi connectivity index (χ3v) is 4.86. The molecule has 0 bridgehead atoms. The van der Waals surface area contributed by atoms with Crippen LogP contribution < -0.4 is 5.73 Å². The third-order valence-electron chi connectivity index (χ3n) is 2.78. The number of rotatable bonds is 3. The molecule has 2 N–H and O–H groups in total. The van der Waals surface area contributed by atoms with Crippen LogP contribution in [0.25, 0.3) is 0 Å². The lowest BCUT2D eigenvalue weighted by atomic mass is 10.00. The van der Waals surface area contributed by atoms with Gasteiger partial charge in [-0.05, 0) is 45.6 Å². The van der Waals surface area contributed by atoms with E-state index in [1.165, 1.54) is 5.56 Å². The summed E-state index contributed by atoms with van der Waals surface area (Å²) in [7, 11) is 0. The zero-order valence-electron chi connectivity index (χ0n) is 9.54. The molecule has 4 heteroatoms. The highest BCUT2D eigenvalue weighted by Crippen LogP contribution is 2.31. The lowest BCUT2D eigenvalue weighted by Gasteiger charge is -2.15. The molecule has 1 atom stereocenters. The van der Waals surface area contributed by atoms with E-state index in [2.05, 4.69) is 37.9 Å². The van der Waals surface area contributed by atoms with Gasteiger partial charge in [0.15, 0.2) is 0 Å². The van der Waals surface area contributed by atoms with Crippen molar-refractivity contribution in [2.24, 2.45) is 5.73 Å². The van der Waals surface area contributed by atoms with E-state index in [0.717, 1.165) is 20.9 Å². The van der Waals surface area contributed by atoms with E-state index in [-0.39, 0.29) is 6.04 Å². The van der Waals surface area contributed by atoms with E-state index in [0.29, 0.717) is 5.02 Å². The van der Waals surface area contributed by atoms with Crippen LogP contribution in [0.3, 0.4) is 0 Å². The maximum Gasteiger partial charge on any atom is 0.0595 e. The zero-order chi connectivity index (χ0) is 13.1. The average Bonchev–Trinajstić information content (AvgIpc) is 2.35. The van der Waals surface area contributed by atoms with Gasteiger partial charge in [0.2, 0.25) is 0 Å². The summed E-state index contributed by atoms with van der Waals surface area (Å²) in [6, 6.07) is 13.8. The molecule has 0 heterocycles. The minimum atomic E-state index is -0.117. The Labute approximate surface area is 129 Å². The molecule has 18 heavy (non-hydrogen) atoms. The van der Waals surface area contributed by atoms with Crippen LogP contribution in [0.4, 0.5) is 0 Å². The quantitative estimate of drug-likeness (QED) is 0.776. The van der Waals surface area contributed by atoms with E-state index >= 15 is 0 Å². The Morgan fingerprint density at radius 1 is 1.00 bits per heavy atom. The van der Waals surface area contributed by atoms with Crippen molar-refractivity contribution < 1.29 is 0 Å². The first-order chi connectivity index (χ1) is 8.59. The van der Waals surface area contributed by atoms with Gasteiger partial charge in [0.1, 0.15) is 0 Å². The molecule has 0 aliphatic carbocycles. The van der Waals surface area contributed by atoms with Crippen LogP contribution >= 0.6 is 43.5 Å². The van der Waals surface area contributed by atoms with Gasteiger partial charge in [0, 0.05) is 15.0 Å². The summed E-state index contributed by atoms with van der Waals surface area (Å²) in [5.41, 5.74) is 8.38. The SMILES string of the molecule is NC(Cc1ccccc1Br)c1cccc(Br)c1Cl. The van der Waals surface area contributed by atoms with Crippen LogP contribution in [0.5, 0.6) is 0 Å². The van der Waals surface area contributed by atoms with Crippen LogP contribution in [-0.4, -0.2) is 0 Å². The van der Waals surface area contributed by atoms with Crippen LogP contribution in [0.1, 0.15) is 17.2 Å². The first-order valence-corrected chi connectivity index (χ1v) is 7.49. The number of nitrogens with two attached hydrogens (primary N) is 1. The Balaban J connectivity index is 2.25. The topological polar surface area (TPSA) is 26.0 Å². The summed E-state index contributed by atoms with van der Waals surface area (Å²) in [5, 5.41) is 0.692. The highest BCUT2D eigenvalue weighted by Gasteiger charge is 2.13. The number of halogens is 3. The van der Waals surface area contributed by atoms with E-state index in [9.17, 15) is 0 Å². The molecule has 2 aromatic rings. The Hall–Kier alpha value is -0.350. The number of benzene rings is 2. The molecule has 2 aromatic carbocycles. The zero-order valence-corrected chi connectivity index (χ0v) is 13.5. The van der Waals surface area contributed by atoms with Crippen molar-refractivity contribution in [2.75, 3.05) is 0 Å². The molecule has 0 aliphatic heterocycles. The monoisotopic (exact) mass is 387 g/mol.